The molecule has 0 amide bonds. The van der Waals surface area contributed by atoms with Crippen molar-refractivity contribution in [3.05, 3.63) is 17.5 Å². The number of hydrogen-bond donors (Lipinski definition) is 1. The van der Waals surface area contributed by atoms with Gasteiger partial charge in [0.1, 0.15) is 0 Å². The minimum absolute atomic E-state index is 0.0831. The normalized spacial score (nSPS) is 14.8. The lowest BCUT2D eigenvalue weighted by molar-refractivity contribution is 0.488. The Morgan fingerprint density at radius 1 is 1.50 bits per heavy atom. The van der Waals surface area contributed by atoms with Gasteiger partial charge in [0.15, 0.2) is 9.84 Å². The molecule has 104 valence electrons. The number of rotatable bonds is 5. The molecular formula is C12H23N3O2S. The van der Waals surface area contributed by atoms with Crippen molar-refractivity contribution < 1.29 is 8.42 Å². The zero-order chi connectivity index (χ0) is 14.1. The van der Waals surface area contributed by atoms with Gasteiger partial charge in [-0.1, -0.05) is 0 Å². The fourth-order valence-corrected chi connectivity index (χ4v) is 2.03. The van der Waals surface area contributed by atoms with Gasteiger partial charge in [-0.3, -0.25) is 4.68 Å². The molecule has 0 aromatic carbocycles. The molecule has 5 nitrogen and oxygen atoms in total. The molecule has 0 bridgehead atoms. The molecule has 1 aromatic rings. The highest BCUT2D eigenvalue weighted by molar-refractivity contribution is 7.92. The lowest BCUT2D eigenvalue weighted by atomic mass is 10.1. The number of sulfone groups is 1. The van der Waals surface area contributed by atoms with Crippen LogP contribution in [0.1, 0.15) is 38.1 Å². The molecule has 0 spiro atoms. The van der Waals surface area contributed by atoms with E-state index in [0.29, 0.717) is 6.54 Å². The smallest absolute Gasteiger partial charge is 0.153 e. The van der Waals surface area contributed by atoms with Gasteiger partial charge in [0.05, 0.1) is 10.4 Å². The minimum Gasteiger partial charge on any atom is -0.309 e. The van der Waals surface area contributed by atoms with Crippen LogP contribution in [-0.4, -0.2) is 35.7 Å². The molecule has 1 aromatic heterocycles. The zero-order valence-electron chi connectivity index (χ0n) is 12.0. The van der Waals surface area contributed by atoms with Crippen LogP contribution >= 0.6 is 0 Å². The quantitative estimate of drug-likeness (QED) is 0.875. The van der Waals surface area contributed by atoms with Gasteiger partial charge in [0.25, 0.3) is 0 Å². The zero-order valence-corrected chi connectivity index (χ0v) is 12.8. The Morgan fingerprint density at radius 3 is 2.44 bits per heavy atom. The van der Waals surface area contributed by atoms with E-state index in [0.717, 1.165) is 11.3 Å². The molecule has 1 unspecified atom stereocenters. The summed E-state index contributed by atoms with van der Waals surface area (Å²) in [5.74, 6) is 0. The van der Waals surface area contributed by atoms with E-state index in [-0.39, 0.29) is 6.04 Å². The molecule has 0 aliphatic heterocycles. The van der Waals surface area contributed by atoms with Gasteiger partial charge in [-0.15, -0.1) is 0 Å². The van der Waals surface area contributed by atoms with E-state index in [2.05, 4.69) is 10.4 Å². The van der Waals surface area contributed by atoms with Crippen molar-refractivity contribution in [2.45, 2.75) is 38.5 Å². The van der Waals surface area contributed by atoms with Crippen LogP contribution in [0.5, 0.6) is 0 Å². The maximum atomic E-state index is 11.6. The maximum absolute atomic E-state index is 11.6. The third-order valence-electron chi connectivity index (χ3n) is 3.36. The molecule has 0 saturated carbocycles. The van der Waals surface area contributed by atoms with E-state index in [1.165, 1.54) is 6.26 Å². The van der Waals surface area contributed by atoms with Gasteiger partial charge in [-0.25, -0.2) is 8.42 Å². The molecule has 0 radical (unpaired) electrons. The van der Waals surface area contributed by atoms with Crippen LogP contribution < -0.4 is 5.32 Å². The highest BCUT2D eigenvalue weighted by atomic mass is 32.2. The van der Waals surface area contributed by atoms with Crippen LogP contribution in [0.3, 0.4) is 0 Å². The summed E-state index contributed by atoms with van der Waals surface area (Å²) < 4.78 is 24.2. The molecule has 1 N–H and O–H groups in total. The largest absolute Gasteiger partial charge is 0.309 e. The molecular weight excluding hydrogens is 250 g/mol. The lowest BCUT2D eigenvalue weighted by Crippen LogP contribution is -2.42. The monoisotopic (exact) mass is 273 g/mol. The van der Waals surface area contributed by atoms with E-state index < -0.39 is 14.6 Å². The first-order valence-electron chi connectivity index (χ1n) is 5.98. The van der Waals surface area contributed by atoms with E-state index in [1.807, 2.05) is 27.1 Å². The molecule has 1 rings (SSSR count). The fraction of sp³-hybridized carbons (Fsp3) is 0.750. The average Bonchev–Trinajstić information content (AvgIpc) is 2.53. The summed E-state index contributed by atoms with van der Waals surface area (Å²) in [5.41, 5.74) is 2.07. The molecule has 0 aliphatic rings. The first kappa shape index (κ1) is 15.2. The van der Waals surface area contributed by atoms with Crippen LogP contribution in [0.4, 0.5) is 0 Å². The third kappa shape index (κ3) is 3.32. The standard InChI is InChI=1S/C12H23N3O2S/c1-9(11-7-15(5)14-10(11)2)13-8-12(3,4)18(6,16)17/h7,9,13H,8H2,1-6H3. The molecule has 0 saturated heterocycles. The van der Waals surface area contributed by atoms with Crippen LogP contribution in [0.15, 0.2) is 6.20 Å². The highest BCUT2D eigenvalue weighted by Gasteiger charge is 2.30. The predicted octanol–water partition coefficient (Wildman–Crippen LogP) is 1.20. The summed E-state index contributed by atoms with van der Waals surface area (Å²) in [6.45, 7) is 7.86. The third-order valence-corrected chi connectivity index (χ3v) is 5.51. The minimum atomic E-state index is -3.07. The SMILES string of the molecule is Cc1nn(C)cc1C(C)NCC(C)(C)S(C)(=O)=O. The Morgan fingerprint density at radius 2 is 2.06 bits per heavy atom. The van der Waals surface area contributed by atoms with Crippen molar-refractivity contribution in [1.29, 1.82) is 0 Å². The predicted molar refractivity (Wildman–Crippen MR) is 73.3 cm³/mol. The Balaban J connectivity index is 2.73. The Bertz CT molecular complexity index is 517. The van der Waals surface area contributed by atoms with Gasteiger partial charge in [-0.2, -0.15) is 5.10 Å². The molecule has 1 heterocycles. The first-order chi connectivity index (χ1) is 8.04. The van der Waals surface area contributed by atoms with Crippen molar-refractivity contribution >= 4 is 9.84 Å². The van der Waals surface area contributed by atoms with Gasteiger partial charge < -0.3 is 5.32 Å². The van der Waals surface area contributed by atoms with Crippen molar-refractivity contribution in [2.75, 3.05) is 12.8 Å². The summed E-state index contributed by atoms with van der Waals surface area (Å²) in [5, 5.41) is 7.55. The number of nitrogens with one attached hydrogen (secondary N) is 1. The topological polar surface area (TPSA) is 64.0 Å². The summed E-state index contributed by atoms with van der Waals surface area (Å²) in [7, 11) is -1.19. The first-order valence-corrected chi connectivity index (χ1v) is 7.87. The second kappa shape index (κ2) is 5.01. The Kier molecular flexibility index (Phi) is 4.23. The highest BCUT2D eigenvalue weighted by Crippen LogP contribution is 2.19. The van der Waals surface area contributed by atoms with Gasteiger partial charge >= 0.3 is 0 Å². The van der Waals surface area contributed by atoms with E-state index in [9.17, 15) is 8.42 Å². The molecule has 0 aliphatic carbocycles. The Labute approximate surface area is 109 Å². The van der Waals surface area contributed by atoms with E-state index in [4.69, 9.17) is 0 Å². The van der Waals surface area contributed by atoms with Crippen LogP contribution in [0, 0.1) is 6.92 Å². The fourth-order valence-electron chi connectivity index (χ4n) is 1.68. The van der Waals surface area contributed by atoms with Crippen molar-refractivity contribution in [3.63, 3.8) is 0 Å². The van der Waals surface area contributed by atoms with Crippen molar-refractivity contribution in [2.24, 2.45) is 7.05 Å². The second-order valence-electron chi connectivity index (χ2n) is 5.48. The van der Waals surface area contributed by atoms with Crippen molar-refractivity contribution in [1.82, 2.24) is 15.1 Å². The summed E-state index contributed by atoms with van der Waals surface area (Å²) >= 11 is 0. The van der Waals surface area contributed by atoms with Gasteiger partial charge in [0, 0.05) is 37.7 Å². The van der Waals surface area contributed by atoms with Crippen LogP contribution in [0.25, 0.3) is 0 Å². The van der Waals surface area contributed by atoms with E-state index >= 15 is 0 Å². The van der Waals surface area contributed by atoms with Crippen molar-refractivity contribution in [3.8, 4) is 0 Å². The number of hydrogen-bond acceptors (Lipinski definition) is 4. The molecule has 6 heteroatoms. The second-order valence-corrected chi connectivity index (χ2v) is 8.13. The van der Waals surface area contributed by atoms with Crippen LogP contribution in [-0.2, 0) is 16.9 Å². The number of aryl methyl sites for hydroxylation is 2. The lowest BCUT2D eigenvalue weighted by Gasteiger charge is -2.25. The average molecular weight is 273 g/mol. The van der Waals surface area contributed by atoms with E-state index in [1.54, 1.807) is 18.5 Å². The summed E-state index contributed by atoms with van der Waals surface area (Å²) in [6.07, 6.45) is 3.23. The molecule has 1 atom stereocenters. The molecule has 18 heavy (non-hydrogen) atoms. The Hall–Kier alpha value is -0.880. The van der Waals surface area contributed by atoms with Gasteiger partial charge in [-0.05, 0) is 27.7 Å². The summed E-state index contributed by atoms with van der Waals surface area (Å²) in [4.78, 5) is 0. The number of aromatic nitrogens is 2. The molecule has 0 fully saturated rings. The van der Waals surface area contributed by atoms with Gasteiger partial charge in [0.2, 0.25) is 0 Å². The maximum Gasteiger partial charge on any atom is 0.153 e. The summed E-state index contributed by atoms with van der Waals surface area (Å²) in [6, 6.07) is 0.0831. The van der Waals surface area contributed by atoms with Crippen LogP contribution in [0.2, 0.25) is 0 Å². The number of nitrogens with zero attached hydrogens (tertiary/aromatic N) is 2.